The Labute approximate surface area is 117 Å². The first kappa shape index (κ1) is 15.9. The van der Waals surface area contributed by atoms with Gasteiger partial charge in [-0.2, -0.15) is 0 Å². The summed E-state index contributed by atoms with van der Waals surface area (Å²) in [4.78, 5) is 10.9. The first-order chi connectivity index (χ1) is 8.95. The summed E-state index contributed by atoms with van der Waals surface area (Å²) in [5.41, 5.74) is 2.88. The Morgan fingerprint density at radius 2 is 1.84 bits per heavy atom. The molecule has 1 aromatic carbocycles. The maximum absolute atomic E-state index is 10.9. The second-order valence-corrected chi connectivity index (χ2v) is 5.92. The number of benzene rings is 1. The molecule has 0 fully saturated rings. The van der Waals surface area contributed by atoms with Crippen molar-refractivity contribution in [3.05, 3.63) is 35.4 Å². The summed E-state index contributed by atoms with van der Waals surface area (Å²) < 4.78 is 0. The molecule has 2 heteroatoms. The Hall–Kier alpha value is -1.15. The number of hydrogen-bond donors (Lipinski definition) is 1. The highest BCUT2D eigenvalue weighted by atomic mass is 16.1. The van der Waals surface area contributed by atoms with Crippen LogP contribution in [-0.2, 0) is 16.6 Å². The van der Waals surface area contributed by atoms with Gasteiger partial charge in [0.25, 0.3) is 0 Å². The maximum Gasteiger partial charge on any atom is 0.129 e. The van der Waals surface area contributed by atoms with Crippen LogP contribution in [0.5, 0.6) is 0 Å². The Bertz CT molecular complexity index is 392. The van der Waals surface area contributed by atoms with Crippen LogP contribution in [0.25, 0.3) is 0 Å². The van der Waals surface area contributed by atoms with Crippen molar-refractivity contribution in [1.82, 2.24) is 5.32 Å². The summed E-state index contributed by atoms with van der Waals surface area (Å²) in [6.07, 6.45) is 2.70. The molecule has 1 N–H and O–H groups in total. The zero-order valence-corrected chi connectivity index (χ0v) is 12.8. The molecule has 0 bridgehead atoms. The molecule has 0 saturated heterocycles. The summed E-state index contributed by atoms with van der Waals surface area (Å²) in [6.45, 7) is 10.2. The summed E-state index contributed by atoms with van der Waals surface area (Å²) in [5, 5.41) is 3.46. The van der Waals surface area contributed by atoms with Gasteiger partial charge in [-0.25, -0.2) is 0 Å². The van der Waals surface area contributed by atoms with Crippen LogP contribution in [0.1, 0.15) is 51.7 Å². The van der Waals surface area contributed by atoms with Crippen molar-refractivity contribution in [2.45, 2.75) is 52.4 Å². The number of aryl methyl sites for hydroxylation is 1. The second-order valence-electron chi connectivity index (χ2n) is 5.92. The van der Waals surface area contributed by atoms with Crippen molar-refractivity contribution in [1.29, 1.82) is 0 Å². The molecule has 0 aliphatic heterocycles. The third-order valence-electron chi connectivity index (χ3n) is 3.59. The van der Waals surface area contributed by atoms with Crippen molar-refractivity contribution in [2.24, 2.45) is 0 Å². The average Bonchev–Trinajstić information content (AvgIpc) is 2.38. The Morgan fingerprint density at radius 3 is 2.37 bits per heavy atom. The molecule has 0 amide bonds. The fourth-order valence-corrected chi connectivity index (χ4v) is 2.16. The molecule has 0 aliphatic carbocycles. The van der Waals surface area contributed by atoms with Crippen molar-refractivity contribution in [2.75, 3.05) is 13.1 Å². The van der Waals surface area contributed by atoms with Gasteiger partial charge in [0.1, 0.15) is 5.78 Å². The topological polar surface area (TPSA) is 29.1 Å². The van der Waals surface area contributed by atoms with E-state index in [4.69, 9.17) is 0 Å². The van der Waals surface area contributed by atoms with Crippen LogP contribution in [0.3, 0.4) is 0 Å². The third kappa shape index (κ3) is 5.56. The lowest BCUT2D eigenvalue weighted by molar-refractivity contribution is -0.117. The SMILES string of the molecule is CCc1ccc(C(C)(C)CNCCCC(C)=O)cc1. The van der Waals surface area contributed by atoms with E-state index < -0.39 is 0 Å². The van der Waals surface area contributed by atoms with Gasteiger partial charge >= 0.3 is 0 Å². The molecule has 0 radical (unpaired) electrons. The van der Waals surface area contributed by atoms with E-state index in [9.17, 15) is 4.79 Å². The van der Waals surface area contributed by atoms with Gasteiger partial charge in [0.15, 0.2) is 0 Å². The molecular formula is C17H27NO. The molecule has 1 rings (SSSR count). The monoisotopic (exact) mass is 261 g/mol. The van der Waals surface area contributed by atoms with Crippen LogP contribution in [0.2, 0.25) is 0 Å². The highest BCUT2D eigenvalue weighted by molar-refractivity contribution is 5.75. The summed E-state index contributed by atoms with van der Waals surface area (Å²) in [5.74, 6) is 0.274. The smallest absolute Gasteiger partial charge is 0.129 e. The quantitative estimate of drug-likeness (QED) is 0.726. The van der Waals surface area contributed by atoms with E-state index >= 15 is 0 Å². The van der Waals surface area contributed by atoms with Gasteiger partial charge < -0.3 is 10.1 Å². The minimum atomic E-state index is 0.127. The molecule has 1 aromatic rings. The number of Topliss-reactive ketones (excluding diaryl/α,β-unsaturated/α-hetero) is 1. The lowest BCUT2D eigenvalue weighted by Crippen LogP contribution is -2.33. The molecule has 2 nitrogen and oxygen atoms in total. The van der Waals surface area contributed by atoms with Crippen molar-refractivity contribution in [3.63, 3.8) is 0 Å². The molecule has 0 unspecified atom stereocenters. The van der Waals surface area contributed by atoms with E-state index in [0.29, 0.717) is 6.42 Å². The molecule has 0 atom stereocenters. The summed E-state index contributed by atoms with van der Waals surface area (Å²) >= 11 is 0. The predicted molar refractivity (Wildman–Crippen MR) is 81.6 cm³/mol. The Morgan fingerprint density at radius 1 is 1.21 bits per heavy atom. The standard InChI is InChI=1S/C17H27NO/c1-5-15-8-10-16(11-9-15)17(3,4)13-18-12-6-7-14(2)19/h8-11,18H,5-7,12-13H2,1-4H3. The Balaban J connectivity index is 2.43. The lowest BCUT2D eigenvalue weighted by Gasteiger charge is -2.26. The van der Waals surface area contributed by atoms with Crippen molar-refractivity contribution < 1.29 is 4.79 Å². The van der Waals surface area contributed by atoms with Crippen LogP contribution in [0.15, 0.2) is 24.3 Å². The minimum Gasteiger partial charge on any atom is -0.316 e. The van der Waals surface area contributed by atoms with Gasteiger partial charge in [-0.3, -0.25) is 0 Å². The summed E-state index contributed by atoms with van der Waals surface area (Å²) in [6, 6.07) is 8.89. The number of hydrogen-bond acceptors (Lipinski definition) is 2. The number of nitrogens with one attached hydrogen (secondary N) is 1. The van der Waals surface area contributed by atoms with E-state index in [2.05, 4.69) is 50.4 Å². The predicted octanol–water partition coefficient (Wildman–Crippen LogP) is 3.49. The van der Waals surface area contributed by atoms with Crippen LogP contribution >= 0.6 is 0 Å². The van der Waals surface area contributed by atoms with E-state index in [0.717, 1.165) is 25.9 Å². The van der Waals surface area contributed by atoms with Gasteiger partial charge in [-0.1, -0.05) is 45.0 Å². The summed E-state index contributed by atoms with van der Waals surface area (Å²) in [7, 11) is 0. The van der Waals surface area contributed by atoms with Crippen LogP contribution < -0.4 is 5.32 Å². The van der Waals surface area contributed by atoms with Gasteiger partial charge in [-0.05, 0) is 37.4 Å². The minimum absolute atomic E-state index is 0.127. The molecule has 19 heavy (non-hydrogen) atoms. The highest BCUT2D eigenvalue weighted by Crippen LogP contribution is 2.22. The second kappa shape index (κ2) is 7.44. The van der Waals surface area contributed by atoms with Gasteiger partial charge in [0.05, 0.1) is 0 Å². The molecule has 0 aliphatic rings. The molecular weight excluding hydrogens is 234 g/mol. The lowest BCUT2D eigenvalue weighted by atomic mass is 9.84. The first-order valence-corrected chi connectivity index (χ1v) is 7.25. The first-order valence-electron chi connectivity index (χ1n) is 7.25. The molecule has 0 spiro atoms. The highest BCUT2D eigenvalue weighted by Gasteiger charge is 2.19. The van der Waals surface area contributed by atoms with E-state index in [1.165, 1.54) is 11.1 Å². The normalized spacial score (nSPS) is 11.6. The van der Waals surface area contributed by atoms with E-state index in [1.807, 2.05) is 0 Å². The van der Waals surface area contributed by atoms with E-state index in [-0.39, 0.29) is 11.2 Å². The largest absolute Gasteiger partial charge is 0.316 e. The third-order valence-corrected chi connectivity index (χ3v) is 3.59. The average molecular weight is 261 g/mol. The number of ketones is 1. The van der Waals surface area contributed by atoms with Gasteiger partial charge in [0, 0.05) is 18.4 Å². The molecule has 0 aromatic heterocycles. The molecule has 0 saturated carbocycles. The zero-order chi connectivity index (χ0) is 14.3. The van der Waals surface area contributed by atoms with Crippen molar-refractivity contribution in [3.8, 4) is 0 Å². The fraction of sp³-hybridized carbons (Fsp3) is 0.588. The van der Waals surface area contributed by atoms with E-state index in [1.54, 1.807) is 6.92 Å². The number of carbonyl (C=O) groups is 1. The number of rotatable bonds is 8. The van der Waals surface area contributed by atoms with Crippen LogP contribution in [0, 0.1) is 0 Å². The van der Waals surface area contributed by atoms with Crippen LogP contribution in [0.4, 0.5) is 0 Å². The molecule has 106 valence electrons. The van der Waals surface area contributed by atoms with Crippen molar-refractivity contribution >= 4 is 5.78 Å². The van der Waals surface area contributed by atoms with Gasteiger partial charge in [0.2, 0.25) is 0 Å². The molecule has 0 heterocycles. The fourth-order valence-electron chi connectivity index (χ4n) is 2.16. The number of carbonyl (C=O) groups excluding carboxylic acids is 1. The zero-order valence-electron chi connectivity index (χ0n) is 12.8. The maximum atomic E-state index is 10.9. The van der Waals surface area contributed by atoms with Gasteiger partial charge in [-0.15, -0.1) is 0 Å². The van der Waals surface area contributed by atoms with Crippen LogP contribution in [-0.4, -0.2) is 18.9 Å². The Kier molecular flexibility index (Phi) is 6.23.